The maximum Gasteiger partial charge on any atom is 0.188 e. The standard InChI is InChI=1S/C19H32N4.HI/c1-4-5-11-21-19(20)22-13-18(15(2)3)23-12-10-16-8-6-7-9-17(16)14-23;/h6-9,15,18H,4-5,10-14H2,1-3H3,(H3,20,21,22);1H. The molecule has 5 heteroatoms. The van der Waals surface area contributed by atoms with Gasteiger partial charge in [0.1, 0.15) is 0 Å². The first-order valence-electron chi connectivity index (χ1n) is 8.96. The molecule has 1 aliphatic heterocycles. The molecule has 2 rings (SSSR count). The van der Waals surface area contributed by atoms with Gasteiger partial charge in [0.15, 0.2) is 5.96 Å². The summed E-state index contributed by atoms with van der Waals surface area (Å²) in [5, 5.41) is 3.21. The van der Waals surface area contributed by atoms with Crippen molar-refractivity contribution in [1.29, 1.82) is 0 Å². The average molecular weight is 444 g/mol. The molecule has 24 heavy (non-hydrogen) atoms. The van der Waals surface area contributed by atoms with Gasteiger partial charge in [0.2, 0.25) is 0 Å². The Bertz CT molecular complexity index is 516. The highest BCUT2D eigenvalue weighted by Gasteiger charge is 2.25. The van der Waals surface area contributed by atoms with Gasteiger partial charge < -0.3 is 11.1 Å². The van der Waals surface area contributed by atoms with Crippen molar-refractivity contribution in [2.75, 3.05) is 19.6 Å². The number of nitrogens with two attached hydrogens (primary N) is 1. The van der Waals surface area contributed by atoms with Gasteiger partial charge in [-0.3, -0.25) is 9.89 Å². The number of guanidine groups is 1. The Morgan fingerprint density at radius 3 is 2.67 bits per heavy atom. The highest BCUT2D eigenvalue weighted by molar-refractivity contribution is 14.0. The Labute approximate surface area is 164 Å². The molecule has 0 saturated carbocycles. The minimum Gasteiger partial charge on any atom is -0.370 e. The summed E-state index contributed by atoms with van der Waals surface area (Å²) in [6, 6.07) is 9.23. The molecule has 0 radical (unpaired) electrons. The zero-order valence-corrected chi connectivity index (χ0v) is 17.6. The smallest absolute Gasteiger partial charge is 0.188 e. The van der Waals surface area contributed by atoms with Crippen LogP contribution >= 0.6 is 24.0 Å². The minimum atomic E-state index is 0. The molecular weight excluding hydrogens is 411 g/mol. The molecule has 136 valence electrons. The van der Waals surface area contributed by atoms with Crippen LogP contribution in [0.3, 0.4) is 0 Å². The van der Waals surface area contributed by atoms with Crippen molar-refractivity contribution < 1.29 is 0 Å². The number of nitrogens with one attached hydrogen (secondary N) is 1. The van der Waals surface area contributed by atoms with Crippen molar-refractivity contribution >= 4 is 29.9 Å². The maximum absolute atomic E-state index is 5.99. The van der Waals surface area contributed by atoms with Crippen LogP contribution in [0.15, 0.2) is 29.3 Å². The van der Waals surface area contributed by atoms with Crippen molar-refractivity contribution in [2.45, 2.75) is 52.6 Å². The maximum atomic E-state index is 5.99. The number of halogens is 1. The molecule has 0 aromatic heterocycles. The molecule has 1 aliphatic rings. The summed E-state index contributed by atoms with van der Waals surface area (Å²) in [5.41, 5.74) is 8.95. The first kappa shape index (κ1) is 21.2. The third-order valence-corrected chi connectivity index (χ3v) is 4.68. The summed E-state index contributed by atoms with van der Waals surface area (Å²) in [6.07, 6.45) is 3.43. The predicted octanol–water partition coefficient (Wildman–Crippen LogP) is 3.39. The molecule has 0 aliphatic carbocycles. The molecule has 0 saturated heterocycles. The zero-order chi connectivity index (χ0) is 16.7. The number of hydrogen-bond donors (Lipinski definition) is 2. The summed E-state index contributed by atoms with van der Waals surface area (Å²) in [5.74, 6) is 1.15. The fourth-order valence-corrected chi connectivity index (χ4v) is 3.19. The second kappa shape index (κ2) is 10.9. The first-order chi connectivity index (χ1) is 11.1. The van der Waals surface area contributed by atoms with Crippen LogP contribution in [0.25, 0.3) is 0 Å². The van der Waals surface area contributed by atoms with Crippen LogP contribution in [0.5, 0.6) is 0 Å². The van der Waals surface area contributed by atoms with Crippen molar-refractivity contribution in [2.24, 2.45) is 16.6 Å². The molecule has 1 unspecified atom stereocenters. The Morgan fingerprint density at radius 2 is 2.00 bits per heavy atom. The lowest BCUT2D eigenvalue weighted by Gasteiger charge is -2.37. The summed E-state index contributed by atoms with van der Waals surface area (Å²) in [4.78, 5) is 7.16. The van der Waals surface area contributed by atoms with Gasteiger partial charge in [0.05, 0.1) is 6.54 Å². The summed E-state index contributed by atoms with van der Waals surface area (Å²) >= 11 is 0. The van der Waals surface area contributed by atoms with E-state index >= 15 is 0 Å². The highest BCUT2D eigenvalue weighted by atomic mass is 127. The van der Waals surface area contributed by atoms with E-state index in [0.29, 0.717) is 17.9 Å². The van der Waals surface area contributed by atoms with Crippen LogP contribution in [-0.4, -0.2) is 36.5 Å². The van der Waals surface area contributed by atoms with Gasteiger partial charge in [-0.05, 0) is 29.9 Å². The molecule has 0 amide bonds. The Kier molecular flexibility index (Phi) is 9.66. The largest absolute Gasteiger partial charge is 0.370 e. The Morgan fingerprint density at radius 1 is 1.29 bits per heavy atom. The van der Waals surface area contributed by atoms with Gasteiger partial charge in [0.25, 0.3) is 0 Å². The molecule has 1 aromatic rings. The van der Waals surface area contributed by atoms with Gasteiger partial charge in [-0.2, -0.15) is 0 Å². The van der Waals surface area contributed by atoms with Gasteiger partial charge in [-0.25, -0.2) is 0 Å². The summed E-state index contributed by atoms with van der Waals surface area (Å²) in [6.45, 7) is 10.6. The van der Waals surface area contributed by atoms with Gasteiger partial charge in [-0.1, -0.05) is 51.5 Å². The quantitative estimate of drug-likeness (QED) is 0.294. The number of nitrogens with zero attached hydrogens (tertiary/aromatic N) is 2. The molecule has 0 fully saturated rings. The normalized spacial score (nSPS) is 16.4. The fraction of sp³-hybridized carbons (Fsp3) is 0.632. The van der Waals surface area contributed by atoms with Crippen molar-refractivity contribution in [3.63, 3.8) is 0 Å². The van der Waals surface area contributed by atoms with Crippen LogP contribution in [0, 0.1) is 5.92 Å². The molecule has 1 heterocycles. The lowest BCUT2D eigenvalue weighted by atomic mass is 9.95. The molecular formula is C19H33IN4. The number of fused-ring (bicyclic) bond motifs is 1. The molecule has 1 aromatic carbocycles. The molecule has 1 atom stereocenters. The summed E-state index contributed by atoms with van der Waals surface area (Å²) < 4.78 is 0. The van der Waals surface area contributed by atoms with Gasteiger partial charge in [-0.15, -0.1) is 24.0 Å². The van der Waals surface area contributed by atoms with Crippen LogP contribution in [0.1, 0.15) is 44.7 Å². The second-order valence-electron chi connectivity index (χ2n) is 6.81. The van der Waals surface area contributed by atoms with E-state index in [1.807, 2.05) is 0 Å². The molecule has 3 N–H and O–H groups in total. The van der Waals surface area contributed by atoms with Crippen LogP contribution in [0.2, 0.25) is 0 Å². The van der Waals surface area contributed by atoms with Crippen LogP contribution in [0.4, 0.5) is 0 Å². The van der Waals surface area contributed by atoms with E-state index in [1.54, 1.807) is 0 Å². The molecule has 4 nitrogen and oxygen atoms in total. The number of rotatable bonds is 7. The number of unbranched alkanes of at least 4 members (excludes halogenated alkanes) is 1. The highest BCUT2D eigenvalue weighted by Crippen LogP contribution is 2.23. The van der Waals surface area contributed by atoms with E-state index in [2.05, 4.69) is 60.2 Å². The first-order valence-corrected chi connectivity index (χ1v) is 8.96. The topological polar surface area (TPSA) is 53.6 Å². The second-order valence-corrected chi connectivity index (χ2v) is 6.81. The number of benzene rings is 1. The fourth-order valence-electron chi connectivity index (χ4n) is 3.19. The van der Waals surface area contributed by atoms with Gasteiger partial charge >= 0.3 is 0 Å². The van der Waals surface area contributed by atoms with Crippen molar-refractivity contribution in [1.82, 2.24) is 10.2 Å². The van der Waals surface area contributed by atoms with Gasteiger partial charge in [0, 0.05) is 25.7 Å². The lowest BCUT2D eigenvalue weighted by molar-refractivity contribution is 0.144. The Balaban J connectivity index is 0.00000288. The third-order valence-electron chi connectivity index (χ3n) is 4.68. The van der Waals surface area contributed by atoms with E-state index in [1.165, 1.54) is 17.5 Å². The molecule has 0 spiro atoms. The van der Waals surface area contributed by atoms with E-state index in [4.69, 9.17) is 5.73 Å². The monoisotopic (exact) mass is 444 g/mol. The van der Waals surface area contributed by atoms with E-state index in [-0.39, 0.29) is 24.0 Å². The number of hydrogen-bond acceptors (Lipinski definition) is 2. The lowest BCUT2D eigenvalue weighted by Crippen LogP contribution is -2.45. The van der Waals surface area contributed by atoms with E-state index < -0.39 is 0 Å². The summed E-state index contributed by atoms with van der Waals surface area (Å²) in [7, 11) is 0. The SMILES string of the molecule is CCCCNC(N)=NCC(C(C)C)N1CCc2ccccc2C1.I. The van der Waals surface area contributed by atoms with Crippen LogP contribution in [-0.2, 0) is 13.0 Å². The van der Waals surface area contributed by atoms with Crippen molar-refractivity contribution in [3.8, 4) is 0 Å². The Hall–Kier alpha value is -0.820. The molecule has 0 bridgehead atoms. The average Bonchev–Trinajstić information content (AvgIpc) is 2.55. The number of aliphatic imine (C=N–C) groups is 1. The predicted molar refractivity (Wildman–Crippen MR) is 114 cm³/mol. The third kappa shape index (κ3) is 6.24. The van der Waals surface area contributed by atoms with E-state index in [9.17, 15) is 0 Å². The van der Waals surface area contributed by atoms with Crippen LogP contribution < -0.4 is 11.1 Å². The zero-order valence-electron chi connectivity index (χ0n) is 15.3. The van der Waals surface area contributed by atoms with E-state index in [0.717, 1.165) is 39.0 Å². The van der Waals surface area contributed by atoms with Crippen molar-refractivity contribution in [3.05, 3.63) is 35.4 Å². The minimum absolute atomic E-state index is 0.